The summed E-state index contributed by atoms with van der Waals surface area (Å²) in [5, 5.41) is 17.4. The highest BCUT2D eigenvalue weighted by atomic mass is 19.4. The smallest absolute Gasteiger partial charge is 0.398 e. The molecule has 1 saturated heterocycles. The van der Waals surface area contributed by atoms with Gasteiger partial charge in [0.1, 0.15) is 18.6 Å². The molecule has 36 heavy (non-hydrogen) atoms. The molecule has 0 unspecified atom stereocenters. The van der Waals surface area contributed by atoms with Gasteiger partial charge in [-0.05, 0) is 48.9 Å². The van der Waals surface area contributed by atoms with Crippen LogP contribution in [0.25, 0.3) is 16.6 Å². The Labute approximate surface area is 202 Å². The molecule has 2 aromatic heterocycles. The molecule has 5 rings (SSSR count). The fraction of sp³-hybridized carbons (Fsp3) is 0.217. The highest BCUT2D eigenvalue weighted by Gasteiger charge is 2.36. The van der Waals surface area contributed by atoms with Gasteiger partial charge in [0.2, 0.25) is 0 Å². The van der Waals surface area contributed by atoms with E-state index in [4.69, 9.17) is 10.6 Å². The number of nitrogens with one attached hydrogen (secondary N) is 2. The molecule has 3 heterocycles. The van der Waals surface area contributed by atoms with Crippen LogP contribution in [0.4, 0.5) is 30.4 Å². The maximum absolute atomic E-state index is 13.5. The molecule has 0 radical (unpaired) electrons. The largest absolute Gasteiger partial charge is 0.435 e. The van der Waals surface area contributed by atoms with E-state index in [-0.39, 0.29) is 17.2 Å². The Morgan fingerprint density at radius 2 is 1.92 bits per heavy atom. The highest BCUT2D eigenvalue weighted by Crippen LogP contribution is 2.31. The first-order valence-corrected chi connectivity index (χ1v) is 10.9. The Hall–Kier alpha value is -4.55. The monoisotopic (exact) mass is 498 g/mol. The van der Waals surface area contributed by atoms with Gasteiger partial charge in [-0.2, -0.15) is 23.4 Å². The minimum atomic E-state index is -4.74. The van der Waals surface area contributed by atoms with Crippen molar-refractivity contribution >= 4 is 39.8 Å². The van der Waals surface area contributed by atoms with Crippen molar-refractivity contribution in [3.8, 4) is 5.69 Å². The van der Waals surface area contributed by atoms with Gasteiger partial charge in [-0.25, -0.2) is 4.68 Å². The lowest BCUT2D eigenvalue weighted by molar-refractivity contribution is -0.141. The van der Waals surface area contributed by atoms with Crippen LogP contribution in [0.3, 0.4) is 0 Å². The second kappa shape index (κ2) is 8.91. The second-order valence-corrected chi connectivity index (χ2v) is 8.11. The van der Waals surface area contributed by atoms with Gasteiger partial charge in [0, 0.05) is 35.8 Å². The number of benzene rings is 2. The van der Waals surface area contributed by atoms with Gasteiger partial charge in [-0.1, -0.05) is 5.16 Å². The van der Waals surface area contributed by atoms with Gasteiger partial charge in [0.15, 0.2) is 11.5 Å². The minimum Gasteiger partial charge on any atom is -0.398 e. The second-order valence-electron chi connectivity index (χ2n) is 8.11. The average molecular weight is 498 g/mol. The molecule has 1 fully saturated rings. The number of carbonyl (C=O) groups is 1. The number of rotatable bonds is 5. The number of H-pyrrole nitrogens is 1. The van der Waals surface area contributed by atoms with Crippen LogP contribution in [0.1, 0.15) is 29.0 Å². The number of aromatic nitrogens is 4. The fourth-order valence-electron chi connectivity index (χ4n) is 4.09. The number of anilines is 3. The number of amides is 1. The van der Waals surface area contributed by atoms with E-state index in [1.807, 2.05) is 4.90 Å². The molecule has 2 aromatic carbocycles. The molecule has 13 heteroatoms. The quantitative estimate of drug-likeness (QED) is 0.355. The van der Waals surface area contributed by atoms with Crippen molar-refractivity contribution in [2.45, 2.75) is 19.0 Å². The number of fused-ring (bicyclic) bond motifs is 1. The maximum Gasteiger partial charge on any atom is 0.435 e. The van der Waals surface area contributed by atoms with Crippen LogP contribution in [0.15, 0.2) is 53.7 Å². The molecule has 0 atom stereocenters. The molecule has 1 amide bonds. The summed E-state index contributed by atoms with van der Waals surface area (Å²) in [5.41, 5.74) is 6.44. The highest BCUT2D eigenvalue weighted by molar-refractivity contribution is 6.04. The van der Waals surface area contributed by atoms with E-state index in [9.17, 15) is 18.0 Å². The molecular formula is C23H21F3N8O2. The van der Waals surface area contributed by atoms with Crippen LogP contribution in [0.5, 0.6) is 0 Å². The van der Waals surface area contributed by atoms with Gasteiger partial charge in [0.25, 0.3) is 5.91 Å². The van der Waals surface area contributed by atoms with E-state index < -0.39 is 17.8 Å². The molecule has 10 nitrogen and oxygen atoms in total. The van der Waals surface area contributed by atoms with Crippen LogP contribution in [0.2, 0.25) is 0 Å². The lowest BCUT2D eigenvalue weighted by atomic mass is 10.2. The lowest BCUT2D eigenvalue weighted by Gasteiger charge is -2.18. The third-order valence-corrected chi connectivity index (χ3v) is 5.78. The zero-order chi connectivity index (χ0) is 25.4. The first-order chi connectivity index (χ1) is 17.2. The molecule has 186 valence electrons. The van der Waals surface area contributed by atoms with Crippen molar-refractivity contribution in [2.75, 3.05) is 29.6 Å². The Balaban J connectivity index is 1.44. The number of halogens is 3. The predicted octanol–water partition coefficient (Wildman–Crippen LogP) is 4.16. The summed E-state index contributed by atoms with van der Waals surface area (Å²) in [6.45, 7) is 0.777. The van der Waals surface area contributed by atoms with E-state index in [0.29, 0.717) is 22.7 Å². The van der Waals surface area contributed by atoms with Crippen molar-refractivity contribution < 1.29 is 22.8 Å². The number of nitrogens with two attached hydrogens (primary N) is 1. The molecule has 0 bridgehead atoms. The normalized spacial score (nSPS) is 15.1. The van der Waals surface area contributed by atoms with E-state index >= 15 is 0 Å². The first-order valence-electron chi connectivity index (χ1n) is 10.9. The number of hydrogen-bond acceptors (Lipinski definition) is 6. The summed E-state index contributed by atoms with van der Waals surface area (Å²) in [4.78, 5) is 20.0. The van der Waals surface area contributed by atoms with Gasteiger partial charge in [-0.15, -0.1) is 0 Å². The summed E-state index contributed by atoms with van der Waals surface area (Å²) in [5.74, 6) is 0.222. The molecule has 4 N–H and O–H groups in total. The molecular weight excluding hydrogens is 477 g/mol. The molecule has 0 saturated carbocycles. The van der Waals surface area contributed by atoms with E-state index in [1.54, 1.807) is 30.3 Å². The van der Waals surface area contributed by atoms with E-state index in [2.05, 4.69) is 25.8 Å². The van der Waals surface area contributed by atoms with Crippen molar-refractivity contribution in [1.82, 2.24) is 20.0 Å². The number of hydrogen-bond donors (Lipinski definition) is 3. The minimum absolute atomic E-state index is 0.179. The zero-order valence-electron chi connectivity index (χ0n) is 19.0. The SMILES string of the molecule is CO/N=C1\CCCN1c1ccc(NC(=O)c2cc(C(F)(F)F)nn2-c2ccc3[nH]nc(N)c3c2)cc1. The van der Waals surface area contributed by atoms with Gasteiger partial charge >= 0.3 is 6.18 Å². The predicted molar refractivity (Wildman–Crippen MR) is 128 cm³/mol. The first kappa shape index (κ1) is 23.2. The van der Waals surface area contributed by atoms with Gasteiger partial charge in [-0.3, -0.25) is 9.89 Å². The van der Waals surface area contributed by atoms with Crippen LogP contribution in [-0.2, 0) is 11.0 Å². The Kier molecular flexibility index (Phi) is 5.74. The van der Waals surface area contributed by atoms with Crippen molar-refractivity contribution in [1.29, 1.82) is 0 Å². The molecule has 1 aliphatic heterocycles. The van der Waals surface area contributed by atoms with Crippen LogP contribution >= 0.6 is 0 Å². The van der Waals surface area contributed by atoms with E-state index in [1.165, 1.54) is 19.2 Å². The number of alkyl halides is 3. The number of carbonyl (C=O) groups excluding carboxylic acids is 1. The number of amidine groups is 1. The van der Waals surface area contributed by atoms with Crippen molar-refractivity contribution in [3.63, 3.8) is 0 Å². The summed E-state index contributed by atoms with van der Waals surface area (Å²) in [7, 11) is 1.49. The summed E-state index contributed by atoms with van der Waals surface area (Å²) >= 11 is 0. The molecule has 0 aliphatic carbocycles. The Morgan fingerprint density at radius 1 is 1.17 bits per heavy atom. The number of nitrogen functional groups attached to an aromatic ring is 1. The summed E-state index contributed by atoms with van der Waals surface area (Å²) < 4.78 is 41.3. The average Bonchev–Trinajstić information content (AvgIpc) is 3.58. The van der Waals surface area contributed by atoms with E-state index in [0.717, 1.165) is 35.6 Å². The van der Waals surface area contributed by atoms with Crippen LogP contribution in [-0.4, -0.2) is 45.4 Å². The fourth-order valence-corrected chi connectivity index (χ4v) is 4.09. The van der Waals surface area contributed by atoms with Crippen LogP contribution < -0.4 is 16.0 Å². The zero-order valence-corrected chi connectivity index (χ0v) is 19.0. The number of aromatic amines is 1. The topological polar surface area (TPSA) is 126 Å². The third-order valence-electron chi connectivity index (χ3n) is 5.78. The van der Waals surface area contributed by atoms with Crippen LogP contribution in [0, 0.1) is 0 Å². The van der Waals surface area contributed by atoms with Gasteiger partial charge < -0.3 is 20.8 Å². The van der Waals surface area contributed by atoms with Crippen molar-refractivity contribution in [2.24, 2.45) is 5.16 Å². The number of oxime groups is 1. The lowest BCUT2D eigenvalue weighted by Crippen LogP contribution is -2.24. The molecule has 4 aromatic rings. The van der Waals surface area contributed by atoms with Gasteiger partial charge in [0.05, 0.1) is 11.2 Å². The van der Waals surface area contributed by atoms with Crippen molar-refractivity contribution in [3.05, 3.63) is 59.9 Å². The molecule has 0 spiro atoms. The summed E-state index contributed by atoms with van der Waals surface area (Å²) in [6, 6.07) is 12.3. The Morgan fingerprint density at radius 3 is 2.64 bits per heavy atom. The summed E-state index contributed by atoms with van der Waals surface area (Å²) in [6.07, 6.45) is -3.02. The Bertz CT molecular complexity index is 1460. The molecule has 1 aliphatic rings. The number of nitrogens with zero attached hydrogens (tertiary/aromatic N) is 5. The standard InChI is InChI=1S/C23H21F3N8O2/c1-36-32-20-3-2-10-33(20)14-6-4-13(5-7-14)28-22(35)18-12-19(23(24,25)26)31-34(18)15-8-9-17-16(11-15)21(27)30-29-17/h4-9,11-12H,2-3,10H2,1H3,(H,28,35)(H3,27,29,30)/b32-20+. The third kappa shape index (κ3) is 4.30. The maximum atomic E-state index is 13.5.